The maximum atomic E-state index is 11.3. The number of primary amides is 1. The first-order valence-corrected chi connectivity index (χ1v) is 6.85. The van der Waals surface area contributed by atoms with Gasteiger partial charge >= 0.3 is 0 Å². The summed E-state index contributed by atoms with van der Waals surface area (Å²) in [6.07, 6.45) is 0. The van der Waals surface area contributed by atoms with Crippen molar-refractivity contribution in [2.75, 3.05) is 5.32 Å². The molecular weight excluding hydrogens is 295 g/mol. The number of nitrogens with two attached hydrogens (primary N) is 1. The van der Waals surface area contributed by atoms with E-state index in [9.17, 15) is 4.79 Å². The van der Waals surface area contributed by atoms with E-state index in [4.69, 9.17) is 28.9 Å². The minimum absolute atomic E-state index is 0.00870. The van der Waals surface area contributed by atoms with Gasteiger partial charge in [-0.05, 0) is 36.8 Å². The van der Waals surface area contributed by atoms with Gasteiger partial charge in [0.2, 0.25) is 5.91 Å². The smallest absolute Gasteiger partial charge is 0.250 e. The molecule has 5 heteroatoms. The van der Waals surface area contributed by atoms with Crippen molar-refractivity contribution in [3.63, 3.8) is 0 Å². The van der Waals surface area contributed by atoms with Crippen molar-refractivity contribution in [2.24, 2.45) is 5.73 Å². The molecule has 0 saturated heterocycles. The largest absolute Gasteiger partial charge is 0.378 e. The van der Waals surface area contributed by atoms with Gasteiger partial charge < -0.3 is 11.1 Å². The lowest BCUT2D eigenvalue weighted by Gasteiger charge is -2.17. The quantitative estimate of drug-likeness (QED) is 0.886. The predicted octanol–water partition coefficient (Wildman–Crippen LogP) is 4.27. The molecule has 0 fully saturated rings. The highest BCUT2D eigenvalue weighted by atomic mass is 35.5. The Morgan fingerprint density at radius 3 is 2.50 bits per heavy atom. The van der Waals surface area contributed by atoms with Crippen LogP contribution >= 0.6 is 23.2 Å². The van der Waals surface area contributed by atoms with E-state index in [1.165, 1.54) is 0 Å². The molecule has 1 atom stereocenters. The molecule has 3 nitrogen and oxygen atoms in total. The number of rotatable bonds is 4. The third kappa shape index (κ3) is 3.24. The van der Waals surface area contributed by atoms with Gasteiger partial charge in [-0.2, -0.15) is 0 Å². The van der Waals surface area contributed by atoms with Gasteiger partial charge in [0.1, 0.15) is 0 Å². The van der Waals surface area contributed by atoms with Crippen molar-refractivity contribution in [1.82, 2.24) is 0 Å². The predicted molar refractivity (Wildman–Crippen MR) is 83.5 cm³/mol. The number of hydrogen-bond donors (Lipinski definition) is 2. The van der Waals surface area contributed by atoms with Crippen molar-refractivity contribution >= 4 is 34.8 Å². The van der Waals surface area contributed by atoms with Crippen LogP contribution in [-0.4, -0.2) is 5.91 Å². The first-order chi connectivity index (χ1) is 9.49. The van der Waals surface area contributed by atoms with Crippen LogP contribution in [0.25, 0.3) is 0 Å². The van der Waals surface area contributed by atoms with Crippen molar-refractivity contribution in [3.05, 3.63) is 63.6 Å². The van der Waals surface area contributed by atoms with Gasteiger partial charge in [-0.3, -0.25) is 4.79 Å². The zero-order chi connectivity index (χ0) is 14.7. The SMILES string of the molecule is CC(Nc1ccc(Cl)c(C(N)=O)c1)c1ccccc1Cl. The fourth-order valence-electron chi connectivity index (χ4n) is 1.96. The molecule has 0 aliphatic rings. The summed E-state index contributed by atoms with van der Waals surface area (Å²) in [5.41, 5.74) is 7.31. The summed E-state index contributed by atoms with van der Waals surface area (Å²) in [5.74, 6) is -0.552. The summed E-state index contributed by atoms with van der Waals surface area (Å²) in [5, 5.41) is 4.30. The fourth-order valence-corrected chi connectivity index (χ4v) is 2.47. The van der Waals surface area contributed by atoms with E-state index in [1.807, 2.05) is 31.2 Å². The molecule has 1 amide bonds. The molecular formula is C15H14Cl2N2O. The second-order valence-electron chi connectivity index (χ2n) is 4.45. The molecule has 20 heavy (non-hydrogen) atoms. The highest BCUT2D eigenvalue weighted by Crippen LogP contribution is 2.27. The summed E-state index contributed by atoms with van der Waals surface area (Å²) in [6.45, 7) is 1.99. The van der Waals surface area contributed by atoms with E-state index >= 15 is 0 Å². The lowest BCUT2D eigenvalue weighted by molar-refractivity contribution is 0.100. The number of carbonyl (C=O) groups is 1. The Bertz CT molecular complexity index is 644. The first kappa shape index (κ1) is 14.7. The standard InChI is InChI=1S/C15H14Cl2N2O/c1-9(11-4-2-3-5-13(11)16)19-10-6-7-14(17)12(8-10)15(18)20/h2-9,19H,1H3,(H2,18,20). The highest BCUT2D eigenvalue weighted by molar-refractivity contribution is 6.34. The molecule has 3 N–H and O–H groups in total. The maximum Gasteiger partial charge on any atom is 0.250 e. The Labute approximate surface area is 127 Å². The lowest BCUT2D eigenvalue weighted by Crippen LogP contribution is -2.13. The van der Waals surface area contributed by atoms with Crippen LogP contribution in [0.5, 0.6) is 0 Å². The first-order valence-electron chi connectivity index (χ1n) is 6.09. The molecule has 0 aliphatic heterocycles. The van der Waals surface area contributed by atoms with Crippen LogP contribution in [0.4, 0.5) is 5.69 Å². The van der Waals surface area contributed by atoms with Crippen molar-refractivity contribution in [2.45, 2.75) is 13.0 Å². The second kappa shape index (κ2) is 6.16. The van der Waals surface area contributed by atoms with Crippen LogP contribution in [0.2, 0.25) is 10.0 Å². The van der Waals surface area contributed by atoms with Gasteiger partial charge in [-0.15, -0.1) is 0 Å². The Kier molecular flexibility index (Phi) is 4.53. The summed E-state index contributed by atoms with van der Waals surface area (Å²) < 4.78 is 0. The number of nitrogens with one attached hydrogen (secondary N) is 1. The number of hydrogen-bond acceptors (Lipinski definition) is 2. The van der Waals surface area contributed by atoms with E-state index in [0.717, 1.165) is 11.3 Å². The van der Waals surface area contributed by atoms with Crippen LogP contribution in [-0.2, 0) is 0 Å². The molecule has 2 aromatic carbocycles. The van der Waals surface area contributed by atoms with E-state index in [1.54, 1.807) is 18.2 Å². The van der Waals surface area contributed by atoms with E-state index in [0.29, 0.717) is 15.6 Å². The molecule has 0 spiro atoms. The van der Waals surface area contributed by atoms with Crippen LogP contribution in [0.3, 0.4) is 0 Å². The minimum atomic E-state index is -0.552. The Balaban J connectivity index is 2.24. The molecule has 0 saturated carbocycles. The topological polar surface area (TPSA) is 55.1 Å². The maximum absolute atomic E-state index is 11.3. The van der Waals surface area contributed by atoms with Gasteiger partial charge in [-0.25, -0.2) is 0 Å². The second-order valence-corrected chi connectivity index (χ2v) is 5.26. The van der Waals surface area contributed by atoms with Gasteiger partial charge in [-0.1, -0.05) is 41.4 Å². The number of amides is 1. The zero-order valence-electron chi connectivity index (χ0n) is 10.9. The van der Waals surface area contributed by atoms with E-state index in [2.05, 4.69) is 5.32 Å². The Morgan fingerprint density at radius 1 is 1.15 bits per heavy atom. The van der Waals surface area contributed by atoms with Crippen LogP contribution in [0.15, 0.2) is 42.5 Å². The molecule has 0 aromatic heterocycles. The highest BCUT2D eigenvalue weighted by Gasteiger charge is 2.11. The average molecular weight is 309 g/mol. The lowest BCUT2D eigenvalue weighted by atomic mass is 10.1. The molecule has 0 bridgehead atoms. The van der Waals surface area contributed by atoms with Crippen molar-refractivity contribution in [1.29, 1.82) is 0 Å². The van der Waals surface area contributed by atoms with Crippen LogP contribution in [0.1, 0.15) is 28.9 Å². The van der Waals surface area contributed by atoms with E-state index in [-0.39, 0.29) is 6.04 Å². The van der Waals surface area contributed by atoms with Crippen LogP contribution < -0.4 is 11.1 Å². The van der Waals surface area contributed by atoms with Gasteiger partial charge in [0.25, 0.3) is 0 Å². The number of halogens is 2. The van der Waals surface area contributed by atoms with E-state index < -0.39 is 5.91 Å². The third-order valence-corrected chi connectivity index (χ3v) is 3.66. The van der Waals surface area contributed by atoms with Crippen LogP contribution in [0, 0.1) is 0 Å². The minimum Gasteiger partial charge on any atom is -0.378 e. The Morgan fingerprint density at radius 2 is 1.85 bits per heavy atom. The normalized spacial score (nSPS) is 11.9. The summed E-state index contributed by atoms with van der Waals surface area (Å²) in [4.78, 5) is 11.3. The molecule has 1 unspecified atom stereocenters. The molecule has 0 heterocycles. The van der Waals surface area contributed by atoms with Gasteiger partial charge in [0.15, 0.2) is 0 Å². The third-order valence-electron chi connectivity index (χ3n) is 2.99. The average Bonchev–Trinajstić information content (AvgIpc) is 2.41. The monoisotopic (exact) mass is 308 g/mol. The fraction of sp³-hybridized carbons (Fsp3) is 0.133. The summed E-state index contributed by atoms with van der Waals surface area (Å²) >= 11 is 12.1. The molecule has 0 aliphatic carbocycles. The molecule has 2 rings (SSSR count). The summed E-state index contributed by atoms with van der Waals surface area (Å²) in [6, 6.07) is 12.7. The van der Waals surface area contributed by atoms with Gasteiger partial charge in [0.05, 0.1) is 10.6 Å². The molecule has 2 aromatic rings. The number of benzene rings is 2. The number of anilines is 1. The Hall–Kier alpha value is -1.71. The molecule has 0 radical (unpaired) electrons. The number of carbonyl (C=O) groups excluding carboxylic acids is 1. The summed E-state index contributed by atoms with van der Waals surface area (Å²) in [7, 11) is 0. The van der Waals surface area contributed by atoms with Crippen molar-refractivity contribution < 1.29 is 4.79 Å². The van der Waals surface area contributed by atoms with Crippen molar-refractivity contribution in [3.8, 4) is 0 Å². The van der Waals surface area contributed by atoms with Gasteiger partial charge in [0, 0.05) is 16.8 Å². The zero-order valence-corrected chi connectivity index (χ0v) is 12.4. The molecule has 104 valence electrons.